The number of H-pyrrole nitrogens is 1. The number of halogens is 2. The van der Waals surface area contributed by atoms with Gasteiger partial charge in [-0.1, -0.05) is 31.1 Å². The molecular weight excluding hydrogens is 332 g/mol. The number of fused-ring (bicyclic) bond motifs is 1. The predicted octanol–water partition coefficient (Wildman–Crippen LogP) is 4.99. The predicted molar refractivity (Wildman–Crippen MR) is 98.9 cm³/mol. The van der Waals surface area contributed by atoms with Gasteiger partial charge in [0, 0.05) is 35.5 Å². The normalized spacial score (nSPS) is 14.8. The minimum absolute atomic E-state index is 0.306. The Morgan fingerprint density at radius 3 is 2.58 bits per heavy atom. The molecule has 2 aromatic heterocycles. The largest absolute Gasteiger partial charge is 0.381 e. The highest BCUT2D eigenvalue weighted by molar-refractivity contribution is 5.92. The van der Waals surface area contributed by atoms with Crippen molar-refractivity contribution >= 4 is 16.7 Å². The summed E-state index contributed by atoms with van der Waals surface area (Å²) < 4.78 is 26.7. The fourth-order valence-electron chi connectivity index (χ4n) is 3.47. The summed E-state index contributed by atoms with van der Waals surface area (Å²) in [5.74, 6) is 4.63. The Labute approximate surface area is 150 Å². The molecule has 0 aliphatic heterocycles. The number of rotatable bonds is 2. The van der Waals surface area contributed by atoms with Crippen LogP contribution in [0.25, 0.3) is 11.0 Å². The van der Waals surface area contributed by atoms with Gasteiger partial charge in [0.15, 0.2) is 0 Å². The van der Waals surface area contributed by atoms with Crippen LogP contribution >= 0.6 is 0 Å². The third kappa shape index (κ3) is 3.55. The molecule has 1 saturated carbocycles. The molecule has 0 saturated heterocycles. The molecule has 26 heavy (non-hydrogen) atoms. The molecule has 0 spiro atoms. The van der Waals surface area contributed by atoms with Gasteiger partial charge >= 0.3 is 0 Å². The highest BCUT2D eigenvalue weighted by Gasteiger charge is 2.16. The standard InChI is InChI=1S/C21H19F2N3/c22-16-10-14(11-17(23)12-16)6-7-15-13-25-21-19(8-9-24-21)20(15)26-18-4-2-1-3-5-18/h8-13,18H,1-5H2,(H2,24,25,26). The Kier molecular flexibility index (Phi) is 4.57. The molecule has 4 rings (SSSR count). The maximum Gasteiger partial charge on any atom is 0.139 e. The summed E-state index contributed by atoms with van der Waals surface area (Å²) in [7, 11) is 0. The molecule has 132 valence electrons. The first kappa shape index (κ1) is 16.6. The quantitative estimate of drug-likeness (QED) is 0.639. The van der Waals surface area contributed by atoms with Crippen molar-refractivity contribution in [3.8, 4) is 11.8 Å². The monoisotopic (exact) mass is 351 g/mol. The van der Waals surface area contributed by atoms with Crippen molar-refractivity contribution in [3.63, 3.8) is 0 Å². The van der Waals surface area contributed by atoms with Crippen LogP contribution < -0.4 is 5.32 Å². The number of pyridine rings is 1. The lowest BCUT2D eigenvalue weighted by Gasteiger charge is -2.24. The van der Waals surface area contributed by atoms with Gasteiger partial charge in [0.25, 0.3) is 0 Å². The van der Waals surface area contributed by atoms with Crippen molar-refractivity contribution in [2.45, 2.75) is 38.1 Å². The molecular formula is C21H19F2N3. The highest BCUT2D eigenvalue weighted by atomic mass is 19.1. The minimum Gasteiger partial charge on any atom is -0.381 e. The van der Waals surface area contributed by atoms with Gasteiger partial charge in [-0.15, -0.1) is 0 Å². The fourth-order valence-corrected chi connectivity index (χ4v) is 3.47. The van der Waals surface area contributed by atoms with Crippen LogP contribution in [0.15, 0.2) is 36.7 Å². The number of aromatic amines is 1. The number of hydrogen-bond donors (Lipinski definition) is 2. The summed E-state index contributed by atoms with van der Waals surface area (Å²) in [6, 6.07) is 5.69. The van der Waals surface area contributed by atoms with E-state index in [-0.39, 0.29) is 0 Å². The Morgan fingerprint density at radius 1 is 1.04 bits per heavy atom. The van der Waals surface area contributed by atoms with Crippen molar-refractivity contribution in [2.75, 3.05) is 5.32 Å². The van der Waals surface area contributed by atoms with E-state index in [2.05, 4.69) is 27.1 Å². The summed E-state index contributed by atoms with van der Waals surface area (Å²) in [5.41, 5.74) is 2.77. The van der Waals surface area contributed by atoms with Crippen molar-refractivity contribution in [3.05, 3.63) is 59.4 Å². The molecule has 0 unspecified atom stereocenters. The number of nitrogens with zero attached hydrogens (tertiary/aromatic N) is 1. The smallest absolute Gasteiger partial charge is 0.139 e. The molecule has 1 aliphatic carbocycles. The second-order valence-corrected chi connectivity index (χ2v) is 6.67. The first-order valence-corrected chi connectivity index (χ1v) is 8.90. The van der Waals surface area contributed by atoms with E-state index in [1.807, 2.05) is 12.3 Å². The maximum atomic E-state index is 13.4. The van der Waals surface area contributed by atoms with E-state index in [1.54, 1.807) is 6.20 Å². The molecule has 1 fully saturated rings. The van der Waals surface area contributed by atoms with Gasteiger partial charge in [0.05, 0.1) is 11.3 Å². The average Bonchev–Trinajstić information content (AvgIpc) is 3.10. The molecule has 0 amide bonds. The van der Waals surface area contributed by atoms with E-state index >= 15 is 0 Å². The number of hydrogen-bond acceptors (Lipinski definition) is 2. The maximum absolute atomic E-state index is 13.4. The zero-order chi connectivity index (χ0) is 17.9. The molecule has 1 aliphatic rings. The molecule has 0 atom stereocenters. The Hall–Kier alpha value is -2.87. The van der Waals surface area contributed by atoms with Gasteiger partial charge in [-0.05, 0) is 31.0 Å². The van der Waals surface area contributed by atoms with E-state index in [4.69, 9.17) is 0 Å². The summed E-state index contributed by atoms with van der Waals surface area (Å²) in [4.78, 5) is 7.51. The average molecular weight is 351 g/mol. The van der Waals surface area contributed by atoms with Crippen LogP contribution in [0.1, 0.15) is 43.2 Å². The van der Waals surface area contributed by atoms with Crippen LogP contribution in [-0.4, -0.2) is 16.0 Å². The van der Waals surface area contributed by atoms with Gasteiger partial charge < -0.3 is 10.3 Å². The minimum atomic E-state index is -0.630. The first-order valence-electron chi connectivity index (χ1n) is 8.90. The van der Waals surface area contributed by atoms with Crippen molar-refractivity contribution in [2.24, 2.45) is 0 Å². The van der Waals surface area contributed by atoms with E-state index in [1.165, 1.54) is 31.4 Å². The van der Waals surface area contributed by atoms with Crippen LogP contribution in [0.2, 0.25) is 0 Å². The van der Waals surface area contributed by atoms with Crippen LogP contribution in [-0.2, 0) is 0 Å². The van der Waals surface area contributed by atoms with E-state index in [0.29, 0.717) is 11.6 Å². The summed E-state index contributed by atoms with van der Waals surface area (Å²) in [6.45, 7) is 0. The van der Waals surface area contributed by atoms with Gasteiger partial charge in [0.1, 0.15) is 17.3 Å². The van der Waals surface area contributed by atoms with Crippen LogP contribution in [0, 0.1) is 23.5 Å². The second kappa shape index (κ2) is 7.17. The van der Waals surface area contributed by atoms with E-state index < -0.39 is 11.6 Å². The topological polar surface area (TPSA) is 40.7 Å². The molecule has 1 aromatic carbocycles. The Morgan fingerprint density at radius 2 is 1.81 bits per heavy atom. The summed E-state index contributed by atoms with van der Waals surface area (Å²) in [5, 5.41) is 4.61. The molecule has 0 bridgehead atoms. The second-order valence-electron chi connectivity index (χ2n) is 6.67. The number of nitrogens with one attached hydrogen (secondary N) is 2. The van der Waals surface area contributed by atoms with Crippen LogP contribution in [0.5, 0.6) is 0 Å². The summed E-state index contributed by atoms with van der Waals surface area (Å²) >= 11 is 0. The third-order valence-corrected chi connectivity index (χ3v) is 4.74. The van der Waals surface area contributed by atoms with E-state index in [9.17, 15) is 8.78 Å². The van der Waals surface area contributed by atoms with Gasteiger partial charge in [-0.3, -0.25) is 0 Å². The molecule has 3 nitrogen and oxygen atoms in total. The molecule has 2 heterocycles. The lowest BCUT2D eigenvalue weighted by atomic mass is 9.95. The number of benzene rings is 1. The summed E-state index contributed by atoms with van der Waals surface area (Å²) in [6.07, 6.45) is 9.55. The Bertz CT molecular complexity index is 971. The highest BCUT2D eigenvalue weighted by Crippen LogP contribution is 2.29. The Balaban J connectivity index is 1.72. The molecule has 0 radical (unpaired) electrons. The third-order valence-electron chi connectivity index (χ3n) is 4.74. The molecule has 2 N–H and O–H groups in total. The van der Waals surface area contributed by atoms with Crippen molar-refractivity contribution in [1.82, 2.24) is 9.97 Å². The van der Waals surface area contributed by atoms with Gasteiger partial charge in [0.2, 0.25) is 0 Å². The molecule has 3 aromatic rings. The number of anilines is 1. The van der Waals surface area contributed by atoms with Gasteiger partial charge in [-0.2, -0.15) is 0 Å². The molecule has 5 heteroatoms. The zero-order valence-electron chi connectivity index (χ0n) is 14.3. The van der Waals surface area contributed by atoms with Gasteiger partial charge in [-0.25, -0.2) is 13.8 Å². The lowest BCUT2D eigenvalue weighted by molar-refractivity contribution is 0.463. The fraction of sp³-hybridized carbons (Fsp3) is 0.286. The first-order chi connectivity index (χ1) is 12.7. The van der Waals surface area contributed by atoms with Crippen molar-refractivity contribution < 1.29 is 8.78 Å². The lowest BCUT2D eigenvalue weighted by Crippen LogP contribution is -2.22. The van der Waals surface area contributed by atoms with Crippen LogP contribution in [0.4, 0.5) is 14.5 Å². The van der Waals surface area contributed by atoms with Crippen LogP contribution in [0.3, 0.4) is 0 Å². The number of aromatic nitrogens is 2. The zero-order valence-corrected chi connectivity index (χ0v) is 14.3. The SMILES string of the molecule is Fc1cc(F)cc(C#Cc2cnc3[nH]ccc3c2NC2CCCCC2)c1. The van der Waals surface area contributed by atoms with E-state index in [0.717, 1.165) is 41.2 Å². The van der Waals surface area contributed by atoms with Crippen molar-refractivity contribution in [1.29, 1.82) is 0 Å².